The third-order valence-electron chi connectivity index (χ3n) is 3.15. The first-order chi connectivity index (χ1) is 6.11. The third-order valence-corrected chi connectivity index (χ3v) is 3.15. The third kappa shape index (κ3) is 3.30. The first-order valence-electron chi connectivity index (χ1n) is 5.87. The zero-order chi connectivity index (χ0) is 9.84. The van der Waals surface area contributed by atoms with Crippen LogP contribution in [0, 0.1) is 11.8 Å². The topological polar surface area (TPSA) is 12.0 Å². The van der Waals surface area contributed by atoms with E-state index in [9.17, 15) is 0 Å². The van der Waals surface area contributed by atoms with Crippen molar-refractivity contribution in [2.24, 2.45) is 11.8 Å². The fourth-order valence-electron chi connectivity index (χ4n) is 2.57. The Kier molecular flexibility index (Phi) is 4.24. The molecular weight excluding hydrogens is 158 g/mol. The van der Waals surface area contributed by atoms with Crippen molar-refractivity contribution >= 4 is 0 Å². The van der Waals surface area contributed by atoms with Gasteiger partial charge in [0.15, 0.2) is 0 Å². The second kappa shape index (κ2) is 4.99. The molecule has 1 saturated carbocycles. The quantitative estimate of drug-likeness (QED) is 0.706. The van der Waals surface area contributed by atoms with Gasteiger partial charge in [-0.3, -0.25) is 0 Å². The van der Waals surface area contributed by atoms with Crippen LogP contribution in [0.15, 0.2) is 0 Å². The monoisotopic (exact) mass is 183 g/mol. The van der Waals surface area contributed by atoms with Crippen molar-refractivity contribution < 1.29 is 0 Å². The van der Waals surface area contributed by atoms with Crippen LogP contribution >= 0.6 is 0 Å². The average molecular weight is 183 g/mol. The van der Waals surface area contributed by atoms with Gasteiger partial charge in [-0.1, -0.05) is 40.5 Å². The van der Waals surface area contributed by atoms with Gasteiger partial charge in [0.05, 0.1) is 0 Å². The van der Waals surface area contributed by atoms with Gasteiger partial charge >= 0.3 is 0 Å². The first-order valence-corrected chi connectivity index (χ1v) is 5.87. The fraction of sp³-hybridized carbons (Fsp3) is 1.00. The van der Waals surface area contributed by atoms with Gasteiger partial charge in [-0.15, -0.1) is 0 Å². The number of nitrogens with one attached hydrogen (secondary N) is 1. The lowest BCUT2D eigenvalue weighted by atomic mass is 9.89. The molecule has 0 amide bonds. The highest BCUT2D eigenvalue weighted by Gasteiger charge is 2.27. The molecule has 0 aliphatic heterocycles. The Morgan fingerprint density at radius 3 is 1.92 bits per heavy atom. The van der Waals surface area contributed by atoms with Crippen LogP contribution in [0.4, 0.5) is 0 Å². The molecule has 1 atom stereocenters. The Morgan fingerprint density at radius 1 is 1.00 bits per heavy atom. The molecule has 0 spiro atoms. The van der Waals surface area contributed by atoms with E-state index in [1.54, 1.807) is 0 Å². The van der Waals surface area contributed by atoms with Crippen LogP contribution in [-0.4, -0.2) is 12.1 Å². The molecular formula is C12H25N. The van der Waals surface area contributed by atoms with Crippen LogP contribution in [0.2, 0.25) is 0 Å². The van der Waals surface area contributed by atoms with Crippen LogP contribution in [0.1, 0.15) is 53.4 Å². The zero-order valence-corrected chi connectivity index (χ0v) is 9.64. The Bertz CT molecular complexity index is 134. The lowest BCUT2D eigenvalue weighted by molar-refractivity contribution is 0.269. The molecule has 1 aliphatic rings. The molecule has 0 aromatic rings. The van der Waals surface area contributed by atoms with E-state index in [0.717, 1.165) is 17.9 Å². The van der Waals surface area contributed by atoms with Crippen LogP contribution in [0.3, 0.4) is 0 Å². The van der Waals surface area contributed by atoms with Crippen molar-refractivity contribution in [1.82, 2.24) is 5.32 Å². The summed E-state index contributed by atoms with van der Waals surface area (Å²) in [6, 6.07) is 1.38. The van der Waals surface area contributed by atoms with Crippen LogP contribution in [0.5, 0.6) is 0 Å². The van der Waals surface area contributed by atoms with Crippen molar-refractivity contribution in [3.05, 3.63) is 0 Å². The summed E-state index contributed by atoms with van der Waals surface area (Å²) in [6.07, 6.45) is 5.80. The number of rotatable bonds is 4. The highest BCUT2D eigenvalue weighted by Crippen LogP contribution is 2.30. The molecule has 0 heterocycles. The molecule has 0 radical (unpaired) electrons. The maximum Gasteiger partial charge on any atom is 0.0121 e. The zero-order valence-electron chi connectivity index (χ0n) is 9.64. The van der Waals surface area contributed by atoms with E-state index in [2.05, 4.69) is 33.0 Å². The van der Waals surface area contributed by atoms with Crippen molar-refractivity contribution in [3.8, 4) is 0 Å². The van der Waals surface area contributed by atoms with Gasteiger partial charge in [-0.05, 0) is 24.7 Å². The van der Waals surface area contributed by atoms with Crippen molar-refractivity contribution in [3.63, 3.8) is 0 Å². The molecule has 13 heavy (non-hydrogen) atoms. The molecule has 0 saturated heterocycles. The smallest absolute Gasteiger partial charge is 0.0121 e. The maximum absolute atomic E-state index is 3.72. The van der Waals surface area contributed by atoms with E-state index >= 15 is 0 Å². The maximum atomic E-state index is 3.72. The molecule has 0 aromatic heterocycles. The minimum absolute atomic E-state index is 0.632. The molecule has 1 aliphatic carbocycles. The lowest BCUT2D eigenvalue weighted by Crippen LogP contribution is -2.43. The van der Waals surface area contributed by atoms with Gasteiger partial charge < -0.3 is 5.32 Å². The number of hydrogen-bond donors (Lipinski definition) is 1. The lowest BCUT2D eigenvalue weighted by Gasteiger charge is -2.30. The SMILES string of the molecule is CC(C)NC(C(C)C)C1CCCC1. The normalized spacial score (nSPS) is 21.7. The standard InChI is InChI=1S/C12H25N/c1-9(2)12(13-10(3)4)11-7-5-6-8-11/h9-13H,5-8H2,1-4H3. The predicted molar refractivity (Wildman–Crippen MR) is 58.9 cm³/mol. The van der Waals surface area contributed by atoms with Crippen LogP contribution < -0.4 is 5.32 Å². The van der Waals surface area contributed by atoms with Gasteiger partial charge in [0, 0.05) is 12.1 Å². The highest BCUT2D eigenvalue weighted by molar-refractivity contribution is 4.83. The summed E-state index contributed by atoms with van der Waals surface area (Å²) in [4.78, 5) is 0. The van der Waals surface area contributed by atoms with E-state index in [1.807, 2.05) is 0 Å². The molecule has 1 rings (SSSR count). The average Bonchev–Trinajstić information content (AvgIpc) is 2.50. The van der Waals surface area contributed by atoms with E-state index < -0.39 is 0 Å². The Morgan fingerprint density at radius 2 is 1.54 bits per heavy atom. The summed E-state index contributed by atoms with van der Waals surface area (Å²) in [5.74, 6) is 1.73. The second-order valence-electron chi connectivity index (χ2n) is 5.14. The summed E-state index contributed by atoms with van der Waals surface area (Å²) < 4.78 is 0. The van der Waals surface area contributed by atoms with Crippen molar-refractivity contribution in [2.75, 3.05) is 0 Å². The summed E-state index contributed by atoms with van der Waals surface area (Å²) in [5.41, 5.74) is 0. The van der Waals surface area contributed by atoms with Crippen LogP contribution in [-0.2, 0) is 0 Å². The molecule has 0 bridgehead atoms. The van der Waals surface area contributed by atoms with Crippen molar-refractivity contribution in [2.45, 2.75) is 65.5 Å². The van der Waals surface area contributed by atoms with Gasteiger partial charge in [-0.2, -0.15) is 0 Å². The number of hydrogen-bond acceptors (Lipinski definition) is 1. The van der Waals surface area contributed by atoms with Crippen LogP contribution in [0.25, 0.3) is 0 Å². The predicted octanol–water partition coefficient (Wildman–Crippen LogP) is 3.20. The summed E-state index contributed by atoms with van der Waals surface area (Å²) in [5, 5.41) is 3.72. The minimum Gasteiger partial charge on any atom is -0.311 e. The molecule has 1 N–H and O–H groups in total. The minimum atomic E-state index is 0.632. The van der Waals surface area contributed by atoms with Gasteiger partial charge in [0.2, 0.25) is 0 Å². The Hall–Kier alpha value is -0.0400. The second-order valence-corrected chi connectivity index (χ2v) is 5.14. The van der Waals surface area contributed by atoms with E-state index in [-0.39, 0.29) is 0 Å². The van der Waals surface area contributed by atoms with Gasteiger partial charge in [0.25, 0.3) is 0 Å². The summed E-state index contributed by atoms with van der Waals surface area (Å²) in [6.45, 7) is 9.20. The van der Waals surface area contributed by atoms with Gasteiger partial charge in [-0.25, -0.2) is 0 Å². The molecule has 78 valence electrons. The van der Waals surface area contributed by atoms with E-state index in [1.165, 1.54) is 25.7 Å². The molecule has 1 heteroatoms. The molecule has 1 unspecified atom stereocenters. The summed E-state index contributed by atoms with van der Waals surface area (Å²) in [7, 11) is 0. The highest BCUT2D eigenvalue weighted by atomic mass is 14.9. The van der Waals surface area contributed by atoms with E-state index in [4.69, 9.17) is 0 Å². The molecule has 1 nitrogen and oxygen atoms in total. The van der Waals surface area contributed by atoms with Gasteiger partial charge in [0.1, 0.15) is 0 Å². The van der Waals surface area contributed by atoms with Crippen molar-refractivity contribution in [1.29, 1.82) is 0 Å². The summed E-state index contributed by atoms with van der Waals surface area (Å²) >= 11 is 0. The Labute approximate surface area is 83.3 Å². The Balaban J connectivity index is 2.45. The molecule has 0 aromatic carbocycles. The molecule has 1 fully saturated rings. The fourth-order valence-corrected chi connectivity index (χ4v) is 2.57. The largest absolute Gasteiger partial charge is 0.311 e. The van der Waals surface area contributed by atoms with E-state index in [0.29, 0.717) is 6.04 Å². The first kappa shape index (κ1) is 11.0.